The molecule has 3 rings (SSSR count). The summed E-state index contributed by atoms with van der Waals surface area (Å²) in [6, 6.07) is 14.0. The fraction of sp³-hybridized carbons (Fsp3) is 0.350. The Kier molecular flexibility index (Phi) is 4.84. The van der Waals surface area contributed by atoms with Crippen LogP contribution >= 0.6 is 0 Å². The van der Waals surface area contributed by atoms with E-state index in [1.807, 2.05) is 25.1 Å². The molecule has 0 radical (unpaired) electrons. The molecule has 2 unspecified atom stereocenters. The van der Waals surface area contributed by atoms with Crippen molar-refractivity contribution >= 4 is 5.91 Å². The van der Waals surface area contributed by atoms with Gasteiger partial charge in [0.15, 0.2) is 0 Å². The number of hydrogen-bond acceptors (Lipinski definition) is 2. The summed E-state index contributed by atoms with van der Waals surface area (Å²) in [5.41, 5.74) is 1.95. The summed E-state index contributed by atoms with van der Waals surface area (Å²) in [5, 5.41) is 3.12. The third-order valence-corrected chi connectivity index (χ3v) is 4.75. The first-order chi connectivity index (χ1) is 11.6. The van der Waals surface area contributed by atoms with E-state index in [1.165, 1.54) is 12.1 Å². The van der Waals surface area contributed by atoms with E-state index in [0.717, 1.165) is 23.3 Å². The van der Waals surface area contributed by atoms with Crippen molar-refractivity contribution in [1.29, 1.82) is 0 Å². The molecule has 0 saturated carbocycles. The van der Waals surface area contributed by atoms with Crippen LogP contribution in [0.3, 0.4) is 0 Å². The van der Waals surface area contributed by atoms with Crippen LogP contribution in [0.2, 0.25) is 0 Å². The summed E-state index contributed by atoms with van der Waals surface area (Å²) >= 11 is 0. The zero-order valence-electron chi connectivity index (χ0n) is 14.0. The van der Waals surface area contributed by atoms with Gasteiger partial charge < -0.3 is 10.1 Å². The van der Waals surface area contributed by atoms with Crippen molar-refractivity contribution in [3.05, 3.63) is 65.5 Å². The third kappa shape index (κ3) is 3.28. The Labute approximate surface area is 141 Å². The van der Waals surface area contributed by atoms with E-state index >= 15 is 0 Å². The Hall–Kier alpha value is -2.36. The largest absolute Gasteiger partial charge is 0.491 e. The van der Waals surface area contributed by atoms with Crippen molar-refractivity contribution in [2.45, 2.75) is 38.1 Å². The molecule has 1 amide bonds. The maximum atomic E-state index is 13.0. The van der Waals surface area contributed by atoms with Crippen molar-refractivity contribution in [1.82, 2.24) is 5.32 Å². The lowest BCUT2D eigenvalue weighted by Crippen LogP contribution is -2.46. The van der Waals surface area contributed by atoms with Crippen molar-refractivity contribution in [2.75, 3.05) is 6.61 Å². The summed E-state index contributed by atoms with van der Waals surface area (Å²) in [6.45, 7) is 4.42. The second kappa shape index (κ2) is 7.04. The van der Waals surface area contributed by atoms with E-state index in [2.05, 4.69) is 18.3 Å². The van der Waals surface area contributed by atoms with Gasteiger partial charge in [-0.1, -0.05) is 37.3 Å². The lowest BCUT2D eigenvalue weighted by Gasteiger charge is -2.34. The predicted molar refractivity (Wildman–Crippen MR) is 91.7 cm³/mol. The minimum absolute atomic E-state index is 0.0553. The molecule has 126 valence electrons. The van der Waals surface area contributed by atoms with Gasteiger partial charge in [0.25, 0.3) is 0 Å². The quantitative estimate of drug-likeness (QED) is 0.922. The Morgan fingerprint density at radius 1 is 1.25 bits per heavy atom. The number of fused-ring (bicyclic) bond motifs is 1. The van der Waals surface area contributed by atoms with Crippen LogP contribution < -0.4 is 10.1 Å². The highest BCUT2D eigenvalue weighted by molar-refractivity contribution is 5.83. The second-order valence-corrected chi connectivity index (χ2v) is 6.25. The van der Waals surface area contributed by atoms with E-state index < -0.39 is 0 Å². The first-order valence-electron chi connectivity index (χ1n) is 8.37. The van der Waals surface area contributed by atoms with Gasteiger partial charge >= 0.3 is 0 Å². The van der Waals surface area contributed by atoms with Crippen molar-refractivity contribution < 1.29 is 13.9 Å². The molecule has 3 nitrogen and oxygen atoms in total. The molecular weight excluding hydrogens is 305 g/mol. The van der Waals surface area contributed by atoms with Crippen molar-refractivity contribution in [3.8, 4) is 5.75 Å². The van der Waals surface area contributed by atoms with Crippen LogP contribution in [0.4, 0.5) is 4.39 Å². The number of hydrogen-bond donors (Lipinski definition) is 1. The fourth-order valence-corrected chi connectivity index (χ4v) is 3.29. The minimum Gasteiger partial charge on any atom is -0.491 e. The lowest BCUT2D eigenvalue weighted by molar-refractivity contribution is -0.123. The summed E-state index contributed by atoms with van der Waals surface area (Å²) in [4.78, 5) is 12.6. The summed E-state index contributed by atoms with van der Waals surface area (Å²) in [5.74, 6) is 0.448. The molecule has 0 aliphatic carbocycles. The van der Waals surface area contributed by atoms with E-state index in [0.29, 0.717) is 6.61 Å². The molecule has 0 saturated heterocycles. The average molecular weight is 327 g/mol. The lowest BCUT2D eigenvalue weighted by atomic mass is 9.86. The number of para-hydroxylation sites is 1. The summed E-state index contributed by atoms with van der Waals surface area (Å²) in [7, 11) is 0. The van der Waals surface area contributed by atoms with Gasteiger partial charge in [-0.25, -0.2) is 4.39 Å². The van der Waals surface area contributed by atoms with Crippen LogP contribution in [-0.4, -0.2) is 18.6 Å². The Balaban J connectivity index is 1.73. The number of nitrogens with one attached hydrogen (secondary N) is 1. The molecule has 3 atom stereocenters. The number of benzene rings is 2. The van der Waals surface area contributed by atoms with E-state index in [-0.39, 0.29) is 29.6 Å². The number of amides is 1. The van der Waals surface area contributed by atoms with Crippen molar-refractivity contribution in [3.63, 3.8) is 0 Å². The zero-order chi connectivity index (χ0) is 17.1. The third-order valence-electron chi connectivity index (χ3n) is 4.75. The summed E-state index contributed by atoms with van der Waals surface area (Å²) in [6.07, 6.45) is 0.927. The Morgan fingerprint density at radius 3 is 2.67 bits per heavy atom. The first-order valence-corrected chi connectivity index (χ1v) is 8.37. The molecule has 2 aromatic carbocycles. The minimum atomic E-state index is -0.333. The van der Waals surface area contributed by atoms with Gasteiger partial charge in [-0.15, -0.1) is 0 Å². The molecule has 1 N–H and O–H groups in total. The van der Waals surface area contributed by atoms with E-state index in [1.54, 1.807) is 12.1 Å². The monoisotopic (exact) mass is 327 g/mol. The van der Waals surface area contributed by atoms with Gasteiger partial charge in [-0.2, -0.15) is 0 Å². The number of halogens is 1. The molecule has 0 aromatic heterocycles. The van der Waals surface area contributed by atoms with Gasteiger partial charge in [0.1, 0.15) is 18.2 Å². The fourth-order valence-electron chi connectivity index (χ4n) is 3.29. The van der Waals surface area contributed by atoms with Crippen LogP contribution in [0, 0.1) is 5.82 Å². The molecule has 1 heterocycles. The van der Waals surface area contributed by atoms with Gasteiger partial charge in [0.05, 0.1) is 12.0 Å². The molecule has 0 bridgehead atoms. The molecular formula is C20H22FNO2. The maximum absolute atomic E-state index is 13.0. The van der Waals surface area contributed by atoms with Crippen LogP contribution in [-0.2, 0) is 4.79 Å². The van der Waals surface area contributed by atoms with Gasteiger partial charge in [-0.05, 0) is 42.7 Å². The SMILES string of the molecule is CCC1c2ccccc2OCC1NC(=O)[C@@H](C)c1ccc(F)cc1. The highest BCUT2D eigenvalue weighted by Crippen LogP contribution is 2.35. The highest BCUT2D eigenvalue weighted by Gasteiger charge is 2.31. The standard InChI is InChI=1S/C20H22FNO2/c1-3-16-17-6-4-5-7-19(17)24-12-18(16)22-20(23)13(2)14-8-10-15(21)11-9-14/h4-11,13,16,18H,3,12H2,1-2H3,(H,22,23)/t13-,16?,18?/m0/s1. The normalized spacial score (nSPS) is 20.6. The van der Waals surface area contributed by atoms with Crippen LogP contribution in [0.1, 0.15) is 43.2 Å². The van der Waals surface area contributed by atoms with E-state index in [4.69, 9.17) is 4.74 Å². The van der Waals surface area contributed by atoms with Crippen molar-refractivity contribution in [2.24, 2.45) is 0 Å². The van der Waals surface area contributed by atoms with Crippen LogP contribution in [0.15, 0.2) is 48.5 Å². The van der Waals surface area contributed by atoms with Gasteiger partial charge in [-0.3, -0.25) is 4.79 Å². The topological polar surface area (TPSA) is 38.3 Å². The van der Waals surface area contributed by atoms with Gasteiger partial charge in [0.2, 0.25) is 5.91 Å². The average Bonchev–Trinajstić information content (AvgIpc) is 2.61. The van der Waals surface area contributed by atoms with Crippen LogP contribution in [0.5, 0.6) is 5.75 Å². The first kappa shape index (κ1) is 16.5. The molecule has 1 aliphatic heterocycles. The highest BCUT2D eigenvalue weighted by atomic mass is 19.1. The molecule has 0 spiro atoms. The van der Waals surface area contributed by atoms with Crippen LogP contribution in [0.25, 0.3) is 0 Å². The molecule has 2 aromatic rings. The molecule has 1 aliphatic rings. The van der Waals surface area contributed by atoms with Gasteiger partial charge in [0, 0.05) is 5.92 Å². The smallest absolute Gasteiger partial charge is 0.227 e. The molecule has 4 heteroatoms. The summed E-state index contributed by atoms with van der Waals surface area (Å²) < 4.78 is 18.9. The number of carbonyl (C=O) groups is 1. The predicted octanol–water partition coefficient (Wildman–Crippen LogP) is 4.00. The zero-order valence-corrected chi connectivity index (χ0v) is 14.0. The number of rotatable bonds is 4. The molecule has 24 heavy (non-hydrogen) atoms. The van der Waals surface area contributed by atoms with E-state index in [9.17, 15) is 9.18 Å². The Morgan fingerprint density at radius 2 is 1.96 bits per heavy atom. The maximum Gasteiger partial charge on any atom is 0.227 e. The number of carbonyl (C=O) groups excluding carboxylic acids is 1. The molecule has 0 fully saturated rings. The number of ether oxygens (including phenoxy) is 1. The second-order valence-electron chi connectivity index (χ2n) is 6.25. The Bertz CT molecular complexity index is 714.